The van der Waals surface area contributed by atoms with Crippen LogP contribution in [0.15, 0.2) is 0 Å². The highest BCUT2D eigenvalue weighted by molar-refractivity contribution is 9.12. The van der Waals surface area contributed by atoms with Crippen molar-refractivity contribution < 1.29 is 4.79 Å². The third-order valence-corrected chi connectivity index (χ3v) is 0.848. The van der Waals surface area contributed by atoms with E-state index in [4.69, 9.17) is 0 Å². The lowest BCUT2D eigenvalue weighted by Crippen LogP contribution is -2.39. The van der Waals surface area contributed by atoms with Gasteiger partial charge in [-0.25, -0.2) is 0 Å². The summed E-state index contributed by atoms with van der Waals surface area (Å²) in [5.41, 5.74) is -0.200. The zero-order valence-corrected chi connectivity index (χ0v) is 7.87. The Balaban J connectivity index is 3.89. The van der Waals surface area contributed by atoms with Gasteiger partial charge in [0.15, 0.2) is 0 Å². The van der Waals surface area contributed by atoms with Gasteiger partial charge in [-0.3, -0.25) is 4.79 Å². The average molecular weight is 204 g/mol. The molecule has 2 nitrogen and oxygen atoms in total. The van der Waals surface area contributed by atoms with Gasteiger partial charge in [-0.15, -0.1) is 0 Å². The van der Waals surface area contributed by atoms with Crippen LogP contribution in [0.4, 0.5) is 0 Å². The molecular formula is C7H10BrNO. The Morgan fingerprint density at radius 1 is 1.50 bits per heavy atom. The zero-order valence-electron chi connectivity index (χ0n) is 6.29. The van der Waals surface area contributed by atoms with E-state index in [1.807, 2.05) is 20.8 Å². The molecule has 0 aliphatic carbocycles. The van der Waals surface area contributed by atoms with Gasteiger partial charge in [0.1, 0.15) is 0 Å². The fourth-order valence-corrected chi connectivity index (χ4v) is 0.595. The number of hydrogen-bond donors (Lipinski definition) is 1. The van der Waals surface area contributed by atoms with Gasteiger partial charge in [-0.2, -0.15) is 0 Å². The van der Waals surface area contributed by atoms with Gasteiger partial charge in [-0.1, -0.05) is 0 Å². The maximum atomic E-state index is 10.7. The number of amides is 1. The number of halogens is 1. The minimum atomic E-state index is -0.260. The minimum Gasteiger partial charge on any atom is -0.341 e. The lowest BCUT2D eigenvalue weighted by molar-refractivity contribution is -0.116. The van der Waals surface area contributed by atoms with Crippen molar-refractivity contribution in [1.82, 2.24) is 5.32 Å². The maximum absolute atomic E-state index is 10.7. The molecule has 0 rings (SSSR count). The van der Waals surface area contributed by atoms with Gasteiger partial charge in [0, 0.05) is 27.4 Å². The summed E-state index contributed by atoms with van der Waals surface area (Å²) in [6, 6.07) is 0. The van der Waals surface area contributed by atoms with E-state index in [1.165, 1.54) is 0 Å². The van der Waals surface area contributed by atoms with Crippen LogP contribution in [-0.2, 0) is 4.79 Å². The second-order valence-electron chi connectivity index (χ2n) is 2.92. The Morgan fingerprint density at radius 3 is 2.30 bits per heavy atom. The first-order chi connectivity index (χ1) is 4.45. The van der Waals surface area contributed by atoms with Crippen LogP contribution in [0.5, 0.6) is 0 Å². The third kappa shape index (κ3) is 5.64. The normalized spacial score (nSPS) is 9.60. The predicted molar refractivity (Wildman–Crippen MR) is 44.6 cm³/mol. The monoisotopic (exact) mass is 203 g/mol. The van der Waals surface area contributed by atoms with Crippen LogP contribution in [0.2, 0.25) is 0 Å². The Morgan fingerprint density at radius 2 is 2.00 bits per heavy atom. The fraction of sp³-hybridized carbons (Fsp3) is 0.571. The molecule has 0 aromatic carbocycles. The molecule has 10 heavy (non-hydrogen) atoms. The van der Waals surface area contributed by atoms with Crippen LogP contribution in [-0.4, -0.2) is 11.4 Å². The third-order valence-electron chi connectivity index (χ3n) is 0.649. The van der Waals surface area contributed by atoms with Crippen LogP contribution in [0.3, 0.4) is 0 Å². The van der Waals surface area contributed by atoms with E-state index in [0.717, 1.165) is 0 Å². The number of nitrogens with one attached hydrogen (secondary N) is 1. The molecule has 0 atom stereocenters. The van der Waals surface area contributed by atoms with E-state index < -0.39 is 0 Å². The van der Waals surface area contributed by atoms with Crippen molar-refractivity contribution >= 4 is 21.8 Å². The van der Waals surface area contributed by atoms with Crippen molar-refractivity contribution in [3.8, 4) is 10.8 Å². The van der Waals surface area contributed by atoms with Crippen LogP contribution < -0.4 is 5.32 Å². The molecule has 3 heteroatoms. The van der Waals surface area contributed by atoms with Crippen molar-refractivity contribution in [1.29, 1.82) is 0 Å². The first kappa shape index (κ1) is 9.51. The quantitative estimate of drug-likeness (QED) is 0.591. The standard InChI is InChI=1S/C7H10BrNO/c1-7(2,3)9-6(10)4-5-8/h1-3H3,(H,9,10). The molecule has 1 N–H and O–H groups in total. The van der Waals surface area contributed by atoms with Crippen molar-refractivity contribution in [2.24, 2.45) is 0 Å². The first-order valence-corrected chi connectivity index (χ1v) is 3.69. The van der Waals surface area contributed by atoms with Gasteiger partial charge in [-0.05, 0) is 25.6 Å². The van der Waals surface area contributed by atoms with E-state index in [2.05, 4.69) is 32.0 Å². The molecule has 0 radical (unpaired) electrons. The summed E-state index contributed by atoms with van der Waals surface area (Å²) in [5.74, 6) is 2.06. The molecule has 0 fully saturated rings. The van der Waals surface area contributed by atoms with Crippen LogP contribution in [0.25, 0.3) is 0 Å². The molecule has 0 saturated carbocycles. The van der Waals surface area contributed by atoms with Gasteiger partial charge in [0.25, 0.3) is 5.91 Å². The molecule has 0 aromatic rings. The summed E-state index contributed by atoms with van der Waals surface area (Å²) >= 11 is 2.84. The minimum absolute atomic E-state index is 0.200. The molecule has 1 amide bonds. The summed E-state index contributed by atoms with van der Waals surface area (Å²) < 4.78 is 0. The second-order valence-corrected chi connectivity index (χ2v) is 3.32. The lowest BCUT2D eigenvalue weighted by Gasteiger charge is -2.17. The Kier molecular flexibility index (Phi) is 3.45. The van der Waals surface area contributed by atoms with E-state index in [0.29, 0.717) is 0 Å². The van der Waals surface area contributed by atoms with E-state index in [1.54, 1.807) is 0 Å². The fourth-order valence-electron chi connectivity index (χ4n) is 0.415. The number of rotatable bonds is 0. The summed E-state index contributed by atoms with van der Waals surface area (Å²) in [4.78, 5) is 13.1. The highest BCUT2D eigenvalue weighted by Gasteiger charge is 2.10. The van der Waals surface area contributed by atoms with Crippen molar-refractivity contribution in [3.63, 3.8) is 0 Å². The predicted octanol–water partition coefficient (Wildman–Crippen LogP) is 1.26. The van der Waals surface area contributed by atoms with Gasteiger partial charge in [0.05, 0.1) is 0 Å². The molecule has 0 aliphatic heterocycles. The second kappa shape index (κ2) is 3.62. The van der Waals surface area contributed by atoms with Crippen molar-refractivity contribution in [3.05, 3.63) is 0 Å². The van der Waals surface area contributed by atoms with Crippen molar-refractivity contribution in [2.75, 3.05) is 0 Å². The van der Waals surface area contributed by atoms with E-state index in [-0.39, 0.29) is 11.4 Å². The number of hydrogen-bond acceptors (Lipinski definition) is 1. The molecule has 0 heterocycles. The van der Waals surface area contributed by atoms with Crippen molar-refractivity contribution in [2.45, 2.75) is 26.3 Å². The molecule has 0 aromatic heterocycles. The topological polar surface area (TPSA) is 29.1 Å². The molecule has 0 unspecified atom stereocenters. The Labute approximate surface area is 69.5 Å². The summed E-state index contributed by atoms with van der Waals surface area (Å²) in [5, 5.41) is 2.68. The van der Waals surface area contributed by atoms with Crippen LogP contribution in [0.1, 0.15) is 20.8 Å². The zero-order chi connectivity index (χ0) is 8.20. The lowest BCUT2D eigenvalue weighted by atomic mass is 10.1. The Hall–Kier alpha value is -0.490. The van der Waals surface area contributed by atoms with Crippen LogP contribution >= 0.6 is 15.9 Å². The van der Waals surface area contributed by atoms with E-state index >= 15 is 0 Å². The summed E-state index contributed by atoms with van der Waals surface area (Å²) in [6.45, 7) is 5.71. The highest BCUT2D eigenvalue weighted by atomic mass is 79.9. The Bertz CT molecular complexity index is 182. The van der Waals surface area contributed by atoms with Crippen LogP contribution in [0, 0.1) is 10.8 Å². The molecule has 0 bridgehead atoms. The molecule has 0 saturated heterocycles. The summed E-state index contributed by atoms with van der Waals surface area (Å²) in [6.07, 6.45) is 0. The SMILES string of the molecule is CC(C)(C)NC(=O)C#CBr. The number of carbonyl (C=O) groups excluding carboxylic acids is 1. The van der Waals surface area contributed by atoms with E-state index in [9.17, 15) is 4.79 Å². The molecule has 0 spiro atoms. The smallest absolute Gasteiger partial charge is 0.297 e. The van der Waals surface area contributed by atoms with Gasteiger partial charge >= 0.3 is 0 Å². The molecular weight excluding hydrogens is 194 g/mol. The van der Waals surface area contributed by atoms with Gasteiger partial charge in [0.2, 0.25) is 0 Å². The molecule has 0 aliphatic rings. The van der Waals surface area contributed by atoms with Gasteiger partial charge < -0.3 is 5.32 Å². The maximum Gasteiger partial charge on any atom is 0.297 e. The largest absolute Gasteiger partial charge is 0.341 e. The number of carbonyl (C=O) groups is 1. The highest BCUT2D eigenvalue weighted by Crippen LogP contribution is 1.96. The summed E-state index contributed by atoms with van der Waals surface area (Å²) in [7, 11) is 0. The molecule has 56 valence electrons. The average Bonchev–Trinajstić information content (AvgIpc) is 1.59. The first-order valence-electron chi connectivity index (χ1n) is 2.89.